The highest BCUT2D eigenvalue weighted by Crippen LogP contribution is 2.26. The summed E-state index contributed by atoms with van der Waals surface area (Å²) in [5.41, 5.74) is 2.55. The molecule has 0 unspecified atom stereocenters. The van der Waals surface area contributed by atoms with Crippen molar-refractivity contribution in [1.82, 2.24) is 15.2 Å². The predicted octanol–water partition coefficient (Wildman–Crippen LogP) is 4.63. The van der Waals surface area contributed by atoms with Crippen LogP contribution in [-0.2, 0) is 16.6 Å². The molecule has 1 N–H and O–H groups in total. The minimum Gasteiger partial charge on any atom is -0.351 e. The van der Waals surface area contributed by atoms with E-state index in [2.05, 4.69) is 43.2 Å². The van der Waals surface area contributed by atoms with Crippen molar-refractivity contribution < 1.29 is 14.0 Å². The Morgan fingerprint density at radius 1 is 1.15 bits per heavy atom. The number of hydrogen-bond acceptors (Lipinski definition) is 3. The lowest BCUT2D eigenvalue weighted by Gasteiger charge is -2.26. The van der Waals surface area contributed by atoms with Gasteiger partial charge in [-0.3, -0.25) is 14.6 Å². The van der Waals surface area contributed by atoms with Crippen LogP contribution < -0.4 is 5.32 Å². The second kappa shape index (κ2) is 8.93. The first-order chi connectivity index (χ1) is 15.6. The number of nitrogens with one attached hydrogen (secondary N) is 1. The first-order valence-electron chi connectivity index (χ1n) is 11.4. The van der Waals surface area contributed by atoms with Gasteiger partial charge in [-0.25, -0.2) is 4.39 Å². The lowest BCUT2D eigenvalue weighted by Crippen LogP contribution is -2.45. The number of carbonyl (C=O) groups excluding carboxylic acids is 2. The number of rotatable bonds is 4. The van der Waals surface area contributed by atoms with Crippen molar-refractivity contribution in [1.29, 1.82) is 0 Å². The van der Waals surface area contributed by atoms with Gasteiger partial charge in [0.15, 0.2) is 0 Å². The van der Waals surface area contributed by atoms with Crippen molar-refractivity contribution in [3.63, 3.8) is 0 Å². The minimum absolute atomic E-state index is 0.0648. The van der Waals surface area contributed by atoms with Crippen LogP contribution in [0.15, 0.2) is 54.9 Å². The molecule has 1 saturated heterocycles. The number of fused-ring (bicyclic) bond motifs is 1. The van der Waals surface area contributed by atoms with Crippen LogP contribution in [0, 0.1) is 5.82 Å². The van der Waals surface area contributed by atoms with Crippen LogP contribution in [0.1, 0.15) is 55.6 Å². The van der Waals surface area contributed by atoms with E-state index in [1.807, 2.05) is 19.1 Å². The molecule has 0 saturated carbocycles. The third-order valence-corrected chi connectivity index (χ3v) is 6.50. The van der Waals surface area contributed by atoms with Crippen LogP contribution in [0.5, 0.6) is 0 Å². The van der Waals surface area contributed by atoms with Crippen molar-refractivity contribution in [2.45, 2.75) is 58.0 Å². The normalized spacial score (nSPS) is 18.5. The van der Waals surface area contributed by atoms with Gasteiger partial charge < -0.3 is 10.2 Å². The average molecular weight is 448 g/mol. The Bertz CT molecular complexity index is 1180. The summed E-state index contributed by atoms with van der Waals surface area (Å²) in [6, 6.07) is 12.2. The molecule has 3 aromatic rings. The topological polar surface area (TPSA) is 62.3 Å². The first kappa shape index (κ1) is 22.9. The van der Waals surface area contributed by atoms with Gasteiger partial charge in [0.2, 0.25) is 5.91 Å². The molecule has 2 amide bonds. The van der Waals surface area contributed by atoms with Gasteiger partial charge in [0, 0.05) is 30.4 Å². The van der Waals surface area contributed by atoms with Crippen LogP contribution >= 0.6 is 0 Å². The van der Waals surface area contributed by atoms with E-state index in [4.69, 9.17) is 0 Å². The zero-order valence-electron chi connectivity index (χ0n) is 19.6. The highest BCUT2D eigenvalue weighted by molar-refractivity contribution is 6.07. The number of halogens is 1. The molecule has 172 valence electrons. The summed E-state index contributed by atoms with van der Waals surface area (Å²) in [5.74, 6) is -0.759. The quantitative estimate of drug-likeness (QED) is 0.634. The Balaban J connectivity index is 1.42. The summed E-state index contributed by atoms with van der Waals surface area (Å²) in [6.45, 7) is 8.91. The van der Waals surface area contributed by atoms with Gasteiger partial charge in [-0.1, -0.05) is 45.0 Å². The molecule has 1 aromatic heterocycles. The number of carbonyl (C=O) groups is 2. The SMILES string of the molecule is C[C@@H]1[C@H](NC(=O)Cc2ccc(C(C)(C)C)cc2)CCN1C(=O)c1cc(F)cc2ccncc12. The highest BCUT2D eigenvalue weighted by atomic mass is 19.1. The molecule has 0 bridgehead atoms. The zero-order chi connectivity index (χ0) is 23.8. The van der Waals surface area contributed by atoms with Crippen LogP contribution in [0.3, 0.4) is 0 Å². The lowest BCUT2D eigenvalue weighted by atomic mass is 9.86. The van der Waals surface area contributed by atoms with Gasteiger partial charge in [0.1, 0.15) is 5.82 Å². The Labute approximate surface area is 194 Å². The number of likely N-dealkylation sites (tertiary alicyclic amines) is 1. The van der Waals surface area contributed by atoms with E-state index in [1.165, 1.54) is 17.7 Å². The highest BCUT2D eigenvalue weighted by Gasteiger charge is 2.35. The summed E-state index contributed by atoms with van der Waals surface area (Å²) in [5, 5.41) is 4.36. The largest absolute Gasteiger partial charge is 0.351 e. The van der Waals surface area contributed by atoms with Crippen LogP contribution in [0.2, 0.25) is 0 Å². The maximum absolute atomic E-state index is 14.1. The fraction of sp³-hybridized carbons (Fsp3) is 0.370. The third-order valence-electron chi connectivity index (χ3n) is 6.50. The molecule has 5 nitrogen and oxygen atoms in total. The molecule has 0 aliphatic carbocycles. The monoisotopic (exact) mass is 447 g/mol. The number of aromatic nitrogens is 1. The first-order valence-corrected chi connectivity index (χ1v) is 11.4. The summed E-state index contributed by atoms with van der Waals surface area (Å²) >= 11 is 0. The van der Waals surface area contributed by atoms with E-state index in [1.54, 1.807) is 23.4 Å². The Morgan fingerprint density at radius 3 is 2.58 bits per heavy atom. The van der Waals surface area contributed by atoms with Gasteiger partial charge in [-0.05, 0) is 53.5 Å². The fourth-order valence-corrected chi connectivity index (χ4v) is 4.48. The molecular formula is C27H30FN3O2. The van der Waals surface area contributed by atoms with Crippen molar-refractivity contribution in [3.8, 4) is 0 Å². The van der Waals surface area contributed by atoms with Crippen molar-refractivity contribution in [3.05, 3.63) is 77.4 Å². The molecule has 33 heavy (non-hydrogen) atoms. The number of benzene rings is 2. The van der Waals surface area contributed by atoms with Gasteiger partial charge in [-0.2, -0.15) is 0 Å². The molecular weight excluding hydrogens is 417 g/mol. The average Bonchev–Trinajstić information content (AvgIpc) is 3.12. The molecule has 2 heterocycles. The summed E-state index contributed by atoms with van der Waals surface area (Å²) in [6.07, 6.45) is 4.12. The van der Waals surface area contributed by atoms with Crippen LogP contribution in [-0.4, -0.2) is 40.3 Å². The van der Waals surface area contributed by atoms with Crippen LogP contribution in [0.4, 0.5) is 4.39 Å². The van der Waals surface area contributed by atoms with E-state index >= 15 is 0 Å². The number of pyridine rings is 1. The molecule has 0 radical (unpaired) electrons. The van der Waals surface area contributed by atoms with E-state index in [-0.39, 0.29) is 29.3 Å². The van der Waals surface area contributed by atoms with Gasteiger partial charge in [0.05, 0.1) is 18.0 Å². The second-order valence-electron chi connectivity index (χ2n) is 9.88. The Kier molecular flexibility index (Phi) is 6.19. The number of hydrogen-bond donors (Lipinski definition) is 1. The van der Waals surface area contributed by atoms with Crippen molar-refractivity contribution in [2.75, 3.05) is 6.54 Å². The Hall–Kier alpha value is -3.28. The van der Waals surface area contributed by atoms with Crippen LogP contribution in [0.25, 0.3) is 10.8 Å². The molecule has 1 fully saturated rings. The molecule has 2 aromatic carbocycles. The van der Waals surface area contributed by atoms with E-state index in [9.17, 15) is 14.0 Å². The van der Waals surface area contributed by atoms with Crippen molar-refractivity contribution >= 4 is 22.6 Å². The summed E-state index contributed by atoms with van der Waals surface area (Å²) in [4.78, 5) is 31.8. The maximum Gasteiger partial charge on any atom is 0.254 e. The Morgan fingerprint density at radius 2 is 1.88 bits per heavy atom. The molecule has 1 aliphatic rings. The minimum atomic E-state index is -0.453. The summed E-state index contributed by atoms with van der Waals surface area (Å²) < 4.78 is 14.1. The lowest BCUT2D eigenvalue weighted by molar-refractivity contribution is -0.121. The number of amides is 2. The number of nitrogens with zero attached hydrogens (tertiary/aromatic N) is 2. The fourth-order valence-electron chi connectivity index (χ4n) is 4.48. The predicted molar refractivity (Wildman–Crippen MR) is 128 cm³/mol. The van der Waals surface area contributed by atoms with Gasteiger partial charge >= 0.3 is 0 Å². The van der Waals surface area contributed by atoms with E-state index < -0.39 is 5.82 Å². The standard InChI is InChI=1S/C27H30FN3O2/c1-17-24(30-25(32)13-18-5-7-20(8-6-18)27(2,3)4)10-12-31(17)26(33)22-15-21(28)14-19-9-11-29-16-23(19)22/h5-9,11,14-17,24H,10,12-13H2,1-4H3,(H,30,32)/t17-,24-/m1/s1. The molecule has 2 atom stereocenters. The summed E-state index contributed by atoms with van der Waals surface area (Å²) in [7, 11) is 0. The molecule has 6 heteroatoms. The van der Waals surface area contributed by atoms with E-state index in [0.717, 1.165) is 5.56 Å². The molecule has 0 spiro atoms. The maximum atomic E-state index is 14.1. The molecule has 1 aliphatic heterocycles. The van der Waals surface area contributed by atoms with Crippen molar-refractivity contribution in [2.24, 2.45) is 0 Å². The molecule has 4 rings (SSSR count). The van der Waals surface area contributed by atoms with Gasteiger partial charge in [0.25, 0.3) is 5.91 Å². The second-order valence-corrected chi connectivity index (χ2v) is 9.88. The zero-order valence-corrected chi connectivity index (χ0v) is 19.6. The van der Waals surface area contributed by atoms with E-state index in [0.29, 0.717) is 35.7 Å². The third kappa shape index (κ3) is 4.90. The van der Waals surface area contributed by atoms with Gasteiger partial charge in [-0.15, -0.1) is 0 Å². The smallest absolute Gasteiger partial charge is 0.254 e.